The highest BCUT2D eigenvalue weighted by atomic mass is 32.2. The largest absolute Gasteiger partial charge is 0.331 e. The summed E-state index contributed by atoms with van der Waals surface area (Å²) in [6, 6.07) is 5.38. The summed E-state index contributed by atoms with van der Waals surface area (Å²) in [5.74, 6) is 0. The number of amides is 1. The van der Waals surface area contributed by atoms with Gasteiger partial charge in [-0.05, 0) is 38.1 Å². The average Bonchev–Trinajstić information content (AvgIpc) is 2.91. The molecule has 0 saturated heterocycles. The molecule has 1 aromatic heterocycles. The summed E-state index contributed by atoms with van der Waals surface area (Å²) in [5, 5.41) is 2.63. The maximum atomic E-state index is 12.0. The molecule has 8 heteroatoms. The van der Waals surface area contributed by atoms with E-state index >= 15 is 0 Å². The second-order valence-electron chi connectivity index (χ2n) is 4.70. The zero-order valence-electron chi connectivity index (χ0n) is 11.6. The Morgan fingerprint density at radius 1 is 1.24 bits per heavy atom. The summed E-state index contributed by atoms with van der Waals surface area (Å²) in [5.41, 5.74) is 0.497. The van der Waals surface area contributed by atoms with Crippen LogP contribution in [0.4, 0.5) is 10.5 Å². The summed E-state index contributed by atoms with van der Waals surface area (Å²) in [7, 11) is -3.53. The minimum absolute atomic E-state index is 0.150. The Morgan fingerprint density at radius 2 is 1.90 bits per heavy atom. The number of rotatable bonds is 4. The number of carbonyl (C=O) groups excluding carboxylic acids is 1. The van der Waals surface area contributed by atoms with Crippen molar-refractivity contribution in [3.05, 3.63) is 43.0 Å². The molecule has 1 aromatic carbocycles. The van der Waals surface area contributed by atoms with Crippen LogP contribution in [0.2, 0.25) is 0 Å². The summed E-state index contributed by atoms with van der Waals surface area (Å²) >= 11 is 0. The molecule has 7 nitrogen and oxygen atoms in total. The van der Waals surface area contributed by atoms with Crippen LogP contribution in [-0.4, -0.2) is 30.0 Å². The average molecular weight is 308 g/mol. The monoisotopic (exact) mass is 308 g/mol. The quantitative estimate of drug-likeness (QED) is 0.898. The maximum absolute atomic E-state index is 12.0. The molecule has 21 heavy (non-hydrogen) atoms. The number of carbonyl (C=O) groups is 1. The lowest BCUT2D eigenvalue weighted by Crippen LogP contribution is -2.30. The lowest BCUT2D eigenvalue weighted by Gasteiger charge is -2.10. The van der Waals surface area contributed by atoms with Gasteiger partial charge in [0.15, 0.2) is 0 Å². The zero-order chi connectivity index (χ0) is 15.5. The van der Waals surface area contributed by atoms with Crippen molar-refractivity contribution in [2.24, 2.45) is 0 Å². The number of nitrogens with zero attached hydrogens (tertiary/aromatic N) is 2. The summed E-state index contributed by atoms with van der Waals surface area (Å²) in [6.45, 7) is 3.49. The molecule has 0 radical (unpaired) electrons. The van der Waals surface area contributed by atoms with E-state index in [1.807, 2.05) is 0 Å². The van der Waals surface area contributed by atoms with E-state index < -0.39 is 10.0 Å². The maximum Gasteiger partial charge on any atom is 0.331 e. The molecule has 0 unspecified atom stereocenters. The Hall–Kier alpha value is -2.19. The fourth-order valence-electron chi connectivity index (χ4n) is 1.66. The number of benzene rings is 1. The number of hydrogen-bond donors (Lipinski definition) is 2. The third-order valence-electron chi connectivity index (χ3n) is 2.55. The molecule has 0 bridgehead atoms. The van der Waals surface area contributed by atoms with Crippen LogP contribution < -0.4 is 10.0 Å². The predicted octanol–water partition coefficient (Wildman–Crippen LogP) is 1.65. The van der Waals surface area contributed by atoms with Crippen molar-refractivity contribution in [2.75, 3.05) is 5.32 Å². The number of sulfonamides is 1. The minimum Gasteiger partial charge on any atom is -0.307 e. The molecule has 0 aliphatic carbocycles. The van der Waals surface area contributed by atoms with E-state index in [0.29, 0.717) is 5.69 Å². The highest BCUT2D eigenvalue weighted by Gasteiger charge is 2.15. The Kier molecular flexibility index (Phi) is 4.39. The van der Waals surface area contributed by atoms with Crippen LogP contribution in [0, 0.1) is 0 Å². The van der Waals surface area contributed by atoms with Gasteiger partial charge in [-0.2, -0.15) is 0 Å². The van der Waals surface area contributed by atoms with E-state index in [-0.39, 0.29) is 17.0 Å². The van der Waals surface area contributed by atoms with E-state index in [1.165, 1.54) is 47.6 Å². The normalized spacial score (nSPS) is 11.6. The molecular weight excluding hydrogens is 292 g/mol. The third kappa shape index (κ3) is 3.89. The molecule has 1 amide bonds. The summed E-state index contributed by atoms with van der Waals surface area (Å²) < 4.78 is 27.7. The van der Waals surface area contributed by atoms with Crippen molar-refractivity contribution in [3.8, 4) is 0 Å². The second-order valence-corrected chi connectivity index (χ2v) is 6.41. The summed E-state index contributed by atoms with van der Waals surface area (Å²) in [4.78, 5) is 15.7. The first-order chi connectivity index (χ1) is 9.88. The molecule has 0 aliphatic rings. The SMILES string of the molecule is CC(C)NS(=O)(=O)c1ccc(NC(=O)n2ccnc2)cc1. The van der Waals surface area contributed by atoms with Crippen molar-refractivity contribution in [1.29, 1.82) is 0 Å². The first-order valence-electron chi connectivity index (χ1n) is 6.30. The van der Waals surface area contributed by atoms with Crippen LogP contribution in [-0.2, 0) is 10.0 Å². The van der Waals surface area contributed by atoms with Crippen LogP contribution >= 0.6 is 0 Å². The standard InChI is InChI=1S/C13H16N4O3S/c1-10(2)16-21(19,20)12-5-3-11(4-6-12)15-13(18)17-8-7-14-9-17/h3-10,16H,1-2H3,(H,15,18). The van der Waals surface area contributed by atoms with Crippen molar-refractivity contribution >= 4 is 21.7 Å². The molecule has 0 fully saturated rings. The van der Waals surface area contributed by atoms with Gasteiger partial charge in [0.2, 0.25) is 10.0 Å². The van der Waals surface area contributed by atoms with Crippen molar-refractivity contribution in [1.82, 2.24) is 14.3 Å². The molecular formula is C13H16N4O3S. The van der Waals surface area contributed by atoms with E-state index in [9.17, 15) is 13.2 Å². The molecule has 0 saturated carbocycles. The molecule has 112 valence electrons. The van der Waals surface area contributed by atoms with Gasteiger partial charge in [-0.3, -0.25) is 4.57 Å². The Labute approximate surface area is 123 Å². The van der Waals surface area contributed by atoms with E-state index in [2.05, 4.69) is 15.0 Å². The van der Waals surface area contributed by atoms with Gasteiger partial charge in [-0.25, -0.2) is 22.9 Å². The lowest BCUT2D eigenvalue weighted by atomic mass is 10.3. The minimum atomic E-state index is -3.53. The molecule has 0 spiro atoms. The number of aromatic nitrogens is 2. The third-order valence-corrected chi connectivity index (χ3v) is 4.22. The molecule has 0 aliphatic heterocycles. The van der Waals surface area contributed by atoms with Crippen LogP contribution in [0.3, 0.4) is 0 Å². The van der Waals surface area contributed by atoms with Gasteiger partial charge in [0.25, 0.3) is 0 Å². The topological polar surface area (TPSA) is 93.1 Å². The van der Waals surface area contributed by atoms with Gasteiger partial charge in [-0.15, -0.1) is 0 Å². The van der Waals surface area contributed by atoms with E-state index in [4.69, 9.17) is 0 Å². The number of hydrogen-bond acceptors (Lipinski definition) is 4. The predicted molar refractivity (Wildman–Crippen MR) is 78.5 cm³/mol. The zero-order valence-corrected chi connectivity index (χ0v) is 12.5. The van der Waals surface area contributed by atoms with Gasteiger partial charge in [0, 0.05) is 24.1 Å². The highest BCUT2D eigenvalue weighted by Crippen LogP contribution is 2.14. The molecule has 0 atom stereocenters. The molecule has 2 aromatic rings. The van der Waals surface area contributed by atoms with Gasteiger partial charge in [0.05, 0.1) is 4.90 Å². The van der Waals surface area contributed by atoms with Crippen LogP contribution in [0.5, 0.6) is 0 Å². The van der Waals surface area contributed by atoms with Gasteiger partial charge < -0.3 is 5.32 Å². The van der Waals surface area contributed by atoms with E-state index in [1.54, 1.807) is 13.8 Å². The summed E-state index contributed by atoms with van der Waals surface area (Å²) in [6.07, 6.45) is 4.38. The fourth-order valence-corrected chi connectivity index (χ4v) is 2.91. The van der Waals surface area contributed by atoms with Crippen LogP contribution in [0.25, 0.3) is 0 Å². The number of anilines is 1. The van der Waals surface area contributed by atoms with Gasteiger partial charge in [0.1, 0.15) is 6.33 Å². The van der Waals surface area contributed by atoms with Crippen molar-refractivity contribution in [2.45, 2.75) is 24.8 Å². The Bertz CT molecular complexity index is 706. The van der Waals surface area contributed by atoms with Gasteiger partial charge in [-0.1, -0.05) is 0 Å². The van der Waals surface area contributed by atoms with Crippen molar-refractivity contribution in [3.63, 3.8) is 0 Å². The van der Waals surface area contributed by atoms with Crippen LogP contribution in [0.15, 0.2) is 47.9 Å². The van der Waals surface area contributed by atoms with Gasteiger partial charge >= 0.3 is 6.03 Å². The molecule has 2 N–H and O–H groups in total. The lowest BCUT2D eigenvalue weighted by molar-refractivity contribution is 0.253. The van der Waals surface area contributed by atoms with Crippen molar-refractivity contribution < 1.29 is 13.2 Å². The first kappa shape index (κ1) is 15.2. The molecule has 1 heterocycles. The Balaban J connectivity index is 2.11. The Morgan fingerprint density at radius 3 is 2.43 bits per heavy atom. The first-order valence-corrected chi connectivity index (χ1v) is 7.78. The second kappa shape index (κ2) is 6.06. The highest BCUT2D eigenvalue weighted by molar-refractivity contribution is 7.89. The smallest absolute Gasteiger partial charge is 0.307 e. The molecule has 2 rings (SSSR count). The number of imidazole rings is 1. The fraction of sp³-hybridized carbons (Fsp3) is 0.231. The van der Waals surface area contributed by atoms with E-state index in [0.717, 1.165) is 0 Å². The number of nitrogens with one attached hydrogen (secondary N) is 2. The van der Waals surface area contributed by atoms with Crippen LogP contribution in [0.1, 0.15) is 13.8 Å².